The monoisotopic (exact) mass is 432 g/mol. The van der Waals surface area contributed by atoms with Gasteiger partial charge in [-0.2, -0.15) is 0 Å². The Balaban J connectivity index is 1.45. The molecule has 6 heteroatoms. The van der Waals surface area contributed by atoms with E-state index in [2.05, 4.69) is 22.4 Å². The number of halogens is 1. The molecule has 0 spiro atoms. The molecule has 1 aromatic heterocycles. The van der Waals surface area contributed by atoms with Crippen molar-refractivity contribution in [3.05, 3.63) is 88.9 Å². The molecule has 0 saturated heterocycles. The summed E-state index contributed by atoms with van der Waals surface area (Å²) < 4.78 is 30.5. The molecule has 2 heterocycles. The van der Waals surface area contributed by atoms with Gasteiger partial charge < -0.3 is 24.5 Å². The Labute approximate surface area is 186 Å². The van der Waals surface area contributed by atoms with Gasteiger partial charge in [-0.1, -0.05) is 30.3 Å². The van der Waals surface area contributed by atoms with Crippen molar-refractivity contribution in [2.24, 2.45) is 0 Å². The fraction of sp³-hybridized carbons (Fsp3) is 0.231. The van der Waals surface area contributed by atoms with E-state index >= 15 is 0 Å². The summed E-state index contributed by atoms with van der Waals surface area (Å²) in [6.07, 6.45) is 0.723. The van der Waals surface area contributed by atoms with Gasteiger partial charge in [0.25, 0.3) is 0 Å². The van der Waals surface area contributed by atoms with Gasteiger partial charge in [0.15, 0.2) is 11.5 Å². The number of fused-ring (bicyclic) bond motifs is 2. The molecule has 1 aliphatic rings. The van der Waals surface area contributed by atoms with Crippen LogP contribution in [0.5, 0.6) is 17.2 Å². The van der Waals surface area contributed by atoms with Crippen molar-refractivity contribution in [3.8, 4) is 17.2 Å². The van der Waals surface area contributed by atoms with Crippen molar-refractivity contribution in [2.75, 3.05) is 13.9 Å². The Morgan fingerprint density at radius 1 is 1.09 bits per heavy atom. The Bertz CT molecular complexity index is 1250. The number of ether oxygens (including phenoxy) is 3. The maximum atomic E-state index is 14.0. The van der Waals surface area contributed by atoms with Crippen molar-refractivity contribution < 1.29 is 18.6 Å². The first-order valence-corrected chi connectivity index (χ1v) is 10.6. The van der Waals surface area contributed by atoms with Crippen LogP contribution in [0.3, 0.4) is 0 Å². The highest BCUT2D eigenvalue weighted by molar-refractivity contribution is 5.84. The zero-order valence-corrected chi connectivity index (χ0v) is 18.1. The normalized spacial score (nSPS) is 13.5. The van der Waals surface area contributed by atoms with Crippen LogP contribution >= 0.6 is 0 Å². The first-order valence-electron chi connectivity index (χ1n) is 10.6. The maximum absolute atomic E-state index is 14.0. The van der Waals surface area contributed by atoms with Gasteiger partial charge in [0, 0.05) is 29.2 Å². The molecule has 0 fully saturated rings. The molecule has 1 atom stereocenters. The molecule has 1 unspecified atom stereocenters. The second-order valence-electron chi connectivity index (χ2n) is 8.00. The molecular formula is C26H25FN2O3. The molecule has 164 valence electrons. The van der Waals surface area contributed by atoms with E-state index in [-0.39, 0.29) is 18.7 Å². The third-order valence-electron chi connectivity index (χ3n) is 5.96. The second-order valence-corrected chi connectivity index (χ2v) is 8.00. The zero-order valence-electron chi connectivity index (χ0n) is 18.1. The van der Waals surface area contributed by atoms with Crippen LogP contribution in [0, 0.1) is 12.7 Å². The van der Waals surface area contributed by atoms with Crippen molar-refractivity contribution in [1.82, 2.24) is 10.3 Å². The summed E-state index contributed by atoms with van der Waals surface area (Å²) in [6, 6.07) is 19.2. The maximum Gasteiger partial charge on any atom is 0.231 e. The van der Waals surface area contributed by atoms with Crippen molar-refractivity contribution >= 4 is 10.9 Å². The number of aromatic amines is 1. The first-order chi connectivity index (χ1) is 15.6. The topological polar surface area (TPSA) is 55.5 Å². The largest absolute Gasteiger partial charge is 0.493 e. The summed E-state index contributed by atoms with van der Waals surface area (Å²) in [5.74, 6) is 1.78. The Hall–Kier alpha value is -3.51. The molecule has 1 aliphatic heterocycles. The molecule has 5 rings (SSSR count). The summed E-state index contributed by atoms with van der Waals surface area (Å²) in [7, 11) is 1.63. The van der Waals surface area contributed by atoms with Gasteiger partial charge in [0.05, 0.1) is 7.11 Å². The average molecular weight is 432 g/mol. The molecule has 3 aromatic carbocycles. The summed E-state index contributed by atoms with van der Waals surface area (Å²) in [5.41, 5.74) is 5.33. The van der Waals surface area contributed by atoms with Gasteiger partial charge in [-0.15, -0.1) is 0 Å². The Morgan fingerprint density at radius 2 is 1.94 bits per heavy atom. The molecule has 0 bridgehead atoms. The third-order valence-corrected chi connectivity index (χ3v) is 5.96. The number of aromatic nitrogens is 1. The molecule has 0 radical (unpaired) electrons. The zero-order chi connectivity index (χ0) is 22.1. The van der Waals surface area contributed by atoms with Crippen molar-refractivity contribution in [3.63, 3.8) is 0 Å². The smallest absolute Gasteiger partial charge is 0.231 e. The first kappa shape index (κ1) is 20.4. The minimum atomic E-state index is -0.227. The molecule has 5 nitrogen and oxygen atoms in total. The third kappa shape index (κ3) is 3.89. The van der Waals surface area contributed by atoms with E-state index < -0.39 is 0 Å². The summed E-state index contributed by atoms with van der Waals surface area (Å²) in [5, 5.41) is 4.61. The number of H-pyrrole nitrogens is 1. The molecule has 0 amide bonds. The minimum Gasteiger partial charge on any atom is -0.493 e. The van der Waals surface area contributed by atoms with E-state index in [1.807, 2.05) is 37.3 Å². The van der Waals surface area contributed by atoms with Gasteiger partial charge in [-0.3, -0.25) is 0 Å². The van der Waals surface area contributed by atoms with E-state index in [1.54, 1.807) is 19.2 Å². The van der Waals surface area contributed by atoms with Gasteiger partial charge in [-0.05, 0) is 60.4 Å². The molecule has 2 N–H and O–H groups in total. The van der Waals surface area contributed by atoms with E-state index in [1.165, 1.54) is 11.6 Å². The van der Waals surface area contributed by atoms with Crippen molar-refractivity contribution in [2.45, 2.75) is 25.9 Å². The highest BCUT2D eigenvalue weighted by Crippen LogP contribution is 2.42. The van der Waals surface area contributed by atoms with Crippen LogP contribution < -0.4 is 19.5 Å². The van der Waals surface area contributed by atoms with Crippen LogP contribution in [0.15, 0.2) is 60.7 Å². The summed E-state index contributed by atoms with van der Waals surface area (Å²) >= 11 is 0. The molecule has 0 saturated carbocycles. The second kappa shape index (κ2) is 8.55. The highest BCUT2D eigenvalue weighted by Gasteiger charge is 2.21. The SMILES string of the molecule is COc1cc(CNC(Cc2c(C)[nH]c3ccc(F)cc23)c2ccccc2)cc2c1OCO2. The van der Waals surface area contributed by atoms with E-state index in [0.717, 1.165) is 34.1 Å². The predicted octanol–water partition coefficient (Wildman–Crippen LogP) is 5.43. The van der Waals surface area contributed by atoms with Crippen LogP contribution in [0.2, 0.25) is 0 Å². The van der Waals surface area contributed by atoms with Crippen LogP contribution in [-0.4, -0.2) is 18.9 Å². The molecule has 0 aliphatic carbocycles. The molecular weight excluding hydrogens is 407 g/mol. The minimum absolute atomic E-state index is 0.0357. The van der Waals surface area contributed by atoms with E-state index in [0.29, 0.717) is 23.8 Å². The van der Waals surface area contributed by atoms with Gasteiger partial charge in [0.1, 0.15) is 5.82 Å². The Morgan fingerprint density at radius 3 is 2.75 bits per heavy atom. The van der Waals surface area contributed by atoms with Gasteiger partial charge in [0.2, 0.25) is 12.5 Å². The van der Waals surface area contributed by atoms with Gasteiger partial charge >= 0.3 is 0 Å². The number of methoxy groups -OCH3 is 1. The number of hydrogen-bond donors (Lipinski definition) is 2. The highest BCUT2D eigenvalue weighted by atomic mass is 19.1. The Kier molecular flexibility index (Phi) is 5.45. The quantitative estimate of drug-likeness (QED) is 0.409. The van der Waals surface area contributed by atoms with Crippen LogP contribution in [0.25, 0.3) is 10.9 Å². The van der Waals surface area contributed by atoms with Gasteiger partial charge in [-0.25, -0.2) is 4.39 Å². The lowest BCUT2D eigenvalue weighted by atomic mass is 9.96. The standard InChI is InChI=1S/C26H25FN2O3/c1-16-20(21-12-19(27)8-9-22(21)29-16)13-23(18-6-4-3-5-7-18)28-14-17-10-24(30-2)26-25(11-17)31-15-32-26/h3-12,23,28-29H,13-15H2,1-2H3. The molecule has 4 aromatic rings. The van der Waals surface area contributed by atoms with E-state index in [4.69, 9.17) is 14.2 Å². The molecule has 32 heavy (non-hydrogen) atoms. The predicted molar refractivity (Wildman–Crippen MR) is 122 cm³/mol. The average Bonchev–Trinajstić information content (AvgIpc) is 3.40. The fourth-order valence-electron chi connectivity index (χ4n) is 4.34. The lowest BCUT2D eigenvalue weighted by Gasteiger charge is -2.20. The van der Waals surface area contributed by atoms with E-state index in [9.17, 15) is 4.39 Å². The van der Waals surface area contributed by atoms with Crippen LogP contribution in [-0.2, 0) is 13.0 Å². The van der Waals surface area contributed by atoms with Crippen LogP contribution in [0.4, 0.5) is 4.39 Å². The number of benzene rings is 3. The number of aryl methyl sites for hydroxylation is 1. The number of nitrogens with one attached hydrogen (secondary N) is 2. The lowest BCUT2D eigenvalue weighted by Crippen LogP contribution is -2.23. The fourth-order valence-corrected chi connectivity index (χ4v) is 4.34. The lowest BCUT2D eigenvalue weighted by molar-refractivity contribution is 0.171. The van der Waals surface area contributed by atoms with Crippen LogP contribution in [0.1, 0.15) is 28.4 Å². The summed E-state index contributed by atoms with van der Waals surface area (Å²) in [4.78, 5) is 3.39. The van der Waals surface area contributed by atoms with Crippen molar-refractivity contribution in [1.29, 1.82) is 0 Å². The summed E-state index contributed by atoms with van der Waals surface area (Å²) in [6.45, 7) is 2.85. The number of hydrogen-bond acceptors (Lipinski definition) is 4. The number of rotatable bonds is 7.